The molecule has 2 N–H and O–H groups in total. The lowest BCUT2D eigenvalue weighted by Gasteiger charge is -2.12. The van der Waals surface area contributed by atoms with Crippen molar-refractivity contribution in [2.24, 2.45) is 0 Å². The zero-order chi connectivity index (χ0) is 20.5. The highest BCUT2D eigenvalue weighted by molar-refractivity contribution is 9.10. The second-order valence-corrected chi connectivity index (χ2v) is 7.49. The molecule has 0 bridgehead atoms. The standard InChI is InChI=1S/C20H11BrClFN4O2/c21-15-3-1-11(7-16-14-2-4-17(28)25-20(14)27-26-16)18(23)19(15)29-13-6-10(9-24)5-12(22)8-13/h1-6,8H,7H2,(H2,25,26,27,28). The fourth-order valence-electron chi connectivity index (χ4n) is 2.91. The summed E-state index contributed by atoms with van der Waals surface area (Å²) in [6.45, 7) is 0. The van der Waals surface area contributed by atoms with E-state index in [1.807, 2.05) is 6.07 Å². The Kier molecular flexibility index (Phi) is 5.09. The van der Waals surface area contributed by atoms with Crippen molar-refractivity contribution in [3.63, 3.8) is 0 Å². The molecule has 144 valence electrons. The third-order valence-corrected chi connectivity index (χ3v) is 5.08. The van der Waals surface area contributed by atoms with E-state index < -0.39 is 5.82 Å². The molecule has 9 heteroatoms. The molecule has 29 heavy (non-hydrogen) atoms. The Bertz CT molecular complexity index is 1340. The molecule has 0 aliphatic heterocycles. The lowest BCUT2D eigenvalue weighted by atomic mass is 10.1. The van der Waals surface area contributed by atoms with Crippen LogP contribution in [-0.4, -0.2) is 15.2 Å². The molecule has 4 rings (SSSR count). The van der Waals surface area contributed by atoms with Crippen molar-refractivity contribution in [1.29, 1.82) is 5.26 Å². The van der Waals surface area contributed by atoms with Crippen LogP contribution in [0, 0.1) is 17.1 Å². The van der Waals surface area contributed by atoms with E-state index in [0.29, 0.717) is 37.3 Å². The van der Waals surface area contributed by atoms with Crippen LogP contribution in [0.3, 0.4) is 0 Å². The maximum Gasteiger partial charge on any atom is 0.249 e. The molecule has 0 fully saturated rings. The van der Waals surface area contributed by atoms with E-state index in [2.05, 4.69) is 31.1 Å². The number of aromatic amines is 2. The third kappa shape index (κ3) is 3.88. The van der Waals surface area contributed by atoms with Gasteiger partial charge in [-0.25, -0.2) is 4.39 Å². The molecule has 0 amide bonds. The quantitative estimate of drug-likeness (QED) is 0.433. The van der Waals surface area contributed by atoms with Crippen LogP contribution in [0.5, 0.6) is 11.5 Å². The number of fused-ring (bicyclic) bond motifs is 1. The summed E-state index contributed by atoms with van der Waals surface area (Å²) in [6, 6.07) is 12.8. The Balaban J connectivity index is 1.71. The Morgan fingerprint density at radius 2 is 2.07 bits per heavy atom. The first-order valence-corrected chi connectivity index (χ1v) is 9.53. The van der Waals surface area contributed by atoms with Gasteiger partial charge in [-0.05, 0) is 51.8 Å². The van der Waals surface area contributed by atoms with Crippen molar-refractivity contribution in [3.8, 4) is 17.6 Å². The monoisotopic (exact) mass is 472 g/mol. The minimum absolute atomic E-state index is 0.0260. The van der Waals surface area contributed by atoms with Gasteiger partial charge in [-0.2, -0.15) is 10.4 Å². The summed E-state index contributed by atoms with van der Waals surface area (Å²) in [5.74, 6) is -0.353. The van der Waals surface area contributed by atoms with Crippen LogP contribution >= 0.6 is 27.5 Å². The molecule has 0 saturated heterocycles. The number of H-pyrrole nitrogens is 2. The van der Waals surface area contributed by atoms with Crippen molar-refractivity contribution < 1.29 is 9.13 Å². The molecular weight excluding hydrogens is 463 g/mol. The van der Waals surface area contributed by atoms with E-state index in [1.54, 1.807) is 18.2 Å². The van der Waals surface area contributed by atoms with Crippen LogP contribution < -0.4 is 10.3 Å². The molecule has 2 heterocycles. The number of benzene rings is 2. The van der Waals surface area contributed by atoms with Crippen LogP contribution in [0.2, 0.25) is 5.02 Å². The van der Waals surface area contributed by atoms with Gasteiger partial charge in [0.15, 0.2) is 11.6 Å². The molecule has 0 radical (unpaired) electrons. The molecule has 0 aliphatic rings. The first-order chi connectivity index (χ1) is 13.9. The van der Waals surface area contributed by atoms with Crippen LogP contribution in [0.1, 0.15) is 16.8 Å². The summed E-state index contributed by atoms with van der Waals surface area (Å²) in [6.07, 6.45) is 0.181. The summed E-state index contributed by atoms with van der Waals surface area (Å²) in [5.41, 5.74) is 1.46. The SMILES string of the molecule is N#Cc1cc(Cl)cc(Oc2c(Br)ccc(Cc3n[nH]c4[nH]c(=O)ccc34)c2F)c1. The highest BCUT2D eigenvalue weighted by atomic mass is 79.9. The van der Waals surface area contributed by atoms with Crippen molar-refractivity contribution >= 4 is 38.6 Å². The molecule has 0 aliphatic carbocycles. The van der Waals surface area contributed by atoms with E-state index in [0.717, 1.165) is 0 Å². The molecule has 2 aromatic heterocycles. The average Bonchev–Trinajstić information content (AvgIpc) is 3.08. The van der Waals surface area contributed by atoms with E-state index in [-0.39, 0.29) is 23.5 Å². The van der Waals surface area contributed by atoms with Gasteiger partial charge in [-0.1, -0.05) is 17.7 Å². The highest BCUT2D eigenvalue weighted by Gasteiger charge is 2.17. The Hall–Kier alpha value is -3.15. The van der Waals surface area contributed by atoms with Crippen LogP contribution in [0.4, 0.5) is 4.39 Å². The minimum atomic E-state index is -0.571. The predicted molar refractivity (Wildman–Crippen MR) is 110 cm³/mol. The first kappa shape index (κ1) is 19.2. The fourth-order valence-corrected chi connectivity index (χ4v) is 3.52. The molecule has 0 saturated carbocycles. The summed E-state index contributed by atoms with van der Waals surface area (Å²) >= 11 is 9.29. The largest absolute Gasteiger partial charge is 0.453 e. The van der Waals surface area contributed by atoms with Gasteiger partial charge in [-0.3, -0.25) is 9.89 Å². The second-order valence-electron chi connectivity index (χ2n) is 6.20. The van der Waals surface area contributed by atoms with E-state index in [9.17, 15) is 4.79 Å². The van der Waals surface area contributed by atoms with Gasteiger partial charge >= 0.3 is 0 Å². The molecule has 4 aromatic rings. The van der Waals surface area contributed by atoms with Crippen molar-refractivity contribution in [2.45, 2.75) is 6.42 Å². The number of hydrogen-bond acceptors (Lipinski definition) is 4. The molecule has 6 nitrogen and oxygen atoms in total. The van der Waals surface area contributed by atoms with Crippen molar-refractivity contribution in [1.82, 2.24) is 15.2 Å². The zero-order valence-corrected chi connectivity index (χ0v) is 16.9. The smallest absolute Gasteiger partial charge is 0.249 e. The lowest BCUT2D eigenvalue weighted by Crippen LogP contribution is -2.02. The molecule has 0 unspecified atom stereocenters. The van der Waals surface area contributed by atoms with Crippen molar-refractivity contribution in [2.75, 3.05) is 0 Å². The minimum Gasteiger partial charge on any atom is -0.453 e. The Morgan fingerprint density at radius 3 is 2.86 bits per heavy atom. The number of ether oxygens (including phenoxy) is 1. The van der Waals surface area contributed by atoms with Crippen LogP contribution in [0.15, 0.2) is 51.7 Å². The van der Waals surface area contributed by atoms with E-state index in [4.69, 9.17) is 21.6 Å². The maximum absolute atomic E-state index is 15.2. The number of nitriles is 1. The number of pyridine rings is 1. The van der Waals surface area contributed by atoms with Gasteiger partial charge in [0, 0.05) is 22.9 Å². The van der Waals surface area contributed by atoms with E-state index >= 15 is 4.39 Å². The van der Waals surface area contributed by atoms with Gasteiger partial charge in [0.2, 0.25) is 5.56 Å². The zero-order valence-electron chi connectivity index (χ0n) is 14.6. The maximum atomic E-state index is 15.2. The van der Waals surface area contributed by atoms with Gasteiger partial charge in [-0.15, -0.1) is 0 Å². The Labute approximate surface area is 177 Å². The number of halogens is 3. The Morgan fingerprint density at radius 1 is 1.24 bits per heavy atom. The topological polar surface area (TPSA) is 94.6 Å². The van der Waals surface area contributed by atoms with Gasteiger partial charge in [0.1, 0.15) is 11.4 Å². The number of rotatable bonds is 4. The van der Waals surface area contributed by atoms with Crippen molar-refractivity contribution in [3.05, 3.63) is 85.0 Å². The van der Waals surface area contributed by atoms with Gasteiger partial charge < -0.3 is 9.72 Å². The molecular formula is C20H11BrClFN4O2. The molecule has 2 aromatic carbocycles. The van der Waals surface area contributed by atoms with Crippen LogP contribution in [-0.2, 0) is 6.42 Å². The van der Waals surface area contributed by atoms with E-state index in [1.165, 1.54) is 24.3 Å². The normalized spacial score (nSPS) is 10.8. The predicted octanol–water partition coefficient (Wildman–Crippen LogP) is 5.06. The molecule has 0 atom stereocenters. The van der Waals surface area contributed by atoms with Crippen LogP contribution in [0.25, 0.3) is 11.0 Å². The first-order valence-electron chi connectivity index (χ1n) is 8.36. The van der Waals surface area contributed by atoms with Gasteiger partial charge in [0.05, 0.1) is 21.8 Å². The second kappa shape index (κ2) is 7.70. The molecule has 0 spiro atoms. The number of hydrogen-bond donors (Lipinski definition) is 2. The highest BCUT2D eigenvalue weighted by Crippen LogP contribution is 2.36. The summed E-state index contributed by atoms with van der Waals surface area (Å²) in [5, 5.41) is 17.0. The average molecular weight is 474 g/mol. The summed E-state index contributed by atoms with van der Waals surface area (Å²) in [7, 11) is 0. The number of nitrogens with zero attached hydrogens (tertiary/aromatic N) is 2. The summed E-state index contributed by atoms with van der Waals surface area (Å²) < 4.78 is 21.3. The number of nitrogens with one attached hydrogen (secondary N) is 2. The lowest BCUT2D eigenvalue weighted by molar-refractivity contribution is 0.436. The third-order valence-electron chi connectivity index (χ3n) is 4.24. The number of aromatic nitrogens is 3. The fraction of sp³-hybridized carbons (Fsp3) is 0.0500. The van der Waals surface area contributed by atoms with Gasteiger partial charge in [0.25, 0.3) is 0 Å². The summed E-state index contributed by atoms with van der Waals surface area (Å²) in [4.78, 5) is 14.1.